The predicted molar refractivity (Wildman–Crippen MR) is 68.6 cm³/mol. The Bertz CT molecular complexity index is 674. The van der Waals surface area contributed by atoms with E-state index in [1.165, 1.54) is 0 Å². The van der Waals surface area contributed by atoms with Crippen LogP contribution >= 0.6 is 11.6 Å². The van der Waals surface area contributed by atoms with E-state index in [9.17, 15) is 0 Å². The molecular weight excluding hydrogens is 234 g/mol. The van der Waals surface area contributed by atoms with Gasteiger partial charge in [0.05, 0.1) is 34.3 Å². The van der Waals surface area contributed by atoms with Gasteiger partial charge < -0.3 is 0 Å². The number of hydrogen-bond donors (Lipinski definition) is 0. The van der Waals surface area contributed by atoms with E-state index < -0.39 is 0 Å². The number of halogens is 1. The molecule has 0 atom stereocenters. The quantitative estimate of drug-likeness (QED) is 0.656. The number of benzene rings is 1. The smallest absolute Gasteiger partial charge is 0.0939 e. The largest absolute Gasteiger partial charge is 0.258 e. The van der Waals surface area contributed by atoms with Gasteiger partial charge in [0.1, 0.15) is 0 Å². The van der Waals surface area contributed by atoms with Crippen LogP contribution in [0.25, 0.3) is 16.6 Å². The molecule has 3 aromatic rings. The van der Waals surface area contributed by atoms with E-state index in [-0.39, 0.29) is 0 Å². The first-order valence-electron chi connectivity index (χ1n) is 5.31. The lowest BCUT2D eigenvalue weighted by molar-refractivity contribution is 0.908. The van der Waals surface area contributed by atoms with Crippen molar-refractivity contribution in [2.24, 2.45) is 0 Å². The molecule has 0 fully saturated rings. The second-order valence-corrected chi connectivity index (χ2v) is 4.23. The summed E-state index contributed by atoms with van der Waals surface area (Å²) >= 11 is 6.21. The van der Waals surface area contributed by atoms with Crippen LogP contribution in [0.3, 0.4) is 0 Å². The number of aryl methyl sites for hydroxylation is 1. The second kappa shape index (κ2) is 3.86. The fourth-order valence-corrected chi connectivity index (χ4v) is 2.03. The summed E-state index contributed by atoms with van der Waals surface area (Å²) in [5, 5.41) is 5.96. The lowest BCUT2D eigenvalue weighted by Gasteiger charge is -2.03. The van der Waals surface area contributed by atoms with Gasteiger partial charge in [0.15, 0.2) is 0 Å². The first kappa shape index (κ1) is 10.3. The van der Waals surface area contributed by atoms with E-state index >= 15 is 0 Å². The highest BCUT2D eigenvalue weighted by Gasteiger charge is 2.09. The van der Waals surface area contributed by atoms with Gasteiger partial charge in [0, 0.05) is 5.39 Å². The van der Waals surface area contributed by atoms with Gasteiger partial charge in [-0.1, -0.05) is 29.8 Å². The van der Waals surface area contributed by atoms with Crippen molar-refractivity contribution in [2.45, 2.75) is 6.92 Å². The Labute approximate surface area is 104 Å². The van der Waals surface area contributed by atoms with Crippen LogP contribution in [0.5, 0.6) is 0 Å². The number of para-hydroxylation sites is 1. The van der Waals surface area contributed by atoms with Crippen molar-refractivity contribution in [2.75, 3.05) is 0 Å². The minimum absolute atomic E-state index is 0.671. The van der Waals surface area contributed by atoms with Crippen molar-refractivity contribution in [3.05, 3.63) is 53.4 Å². The van der Waals surface area contributed by atoms with Crippen LogP contribution in [0, 0.1) is 6.92 Å². The number of pyridine rings is 1. The molecule has 17 heavy (non-hydrogen) atoms. The molecule has 4 heteroatoms. The summed E-state index contributed by atoms with van der Waals surface area (Å²) in [6.07, 6.45) is 3.58. The molecule has 0 bridgehead atoms. The van der Waals surface area contributed by atoms with Crippen LogP contribution in [-0.2, 0) is 0 Å². The molecule has 0 amide bonds. The van der Waals surface area contributed by atoms with Gasteiger partial charge in [-0.25, -0.2) is 4.68 Å². The van der Waals surface area contributed by atoms with E-state index in [4.69, 9.17) is 11.6 Å². The van der Waals surface area contributed by atoms with Crippen LogP contribution < -0.4 is 0 Å². The Hall–Kier alpha value is -1.87. The average molecular weight is 244 g/mol. The molecule has 2 aromatic heterocycles. The molecule has 0 aliphatic carbocycles. The van der Waals surface area contributed by atoms with Gasteiger partial charge in [-0.3, -0.25) is 4.98 Å². The maximum absolute atomic E-state index is 6.21. The summed E-state index contributed by atoms with van der Waals surface area (Å²) in [5.74, 6) is 0. The van der Waals surface area contributed by atoms with Crippen LogP contribution in [0.4, 0.5) is 0 Å². The van der Waals surface area contributed by atoms with Crippen molar-refractivity contribution in [1.82, 2.24) is 14.8 Å². The Balaban J connectivity index is 2.30. The normalized spacial score (nSPS) is 10.9. The van der Waals surface area contributed by atoms with E-state index in [1.54, 1.807) is 12.4 Å². The summed E-state index contributed by atoms with van der Waals surface area (Å²) in [5.41, 5.74) is 2.75. The number of nitrogens with zero attached hydrogens (tertiary/aromatic N) is 3. The monoisotopic (exact) mass is 243 g/mol. The Morgan fingerprint density at radius 3 is 2.65 bits per heavy atom. The molecule has 0 radical (unpaired) electrons. The molecule has 0 spiro atoms. The predicted octanol–water partition coefficient (Wildman–Crippen LogP) is 3.38. The van der Waals surface area contributed by atoms with Crippen LogP contribution in [0.15, 0.2) is 42.7 Å². The molecule has 3 rings (SSSR count). The van der Waals surface area contributed by atoms with Gasteiger partial charge in [-0.15, -0.1) is 0 Å². The molecule has 0 saturated carbocycles. The Morgan fingerprint density at radius 1 is 1.12 bits per heavy atom. The maximum Gasteiger partial charge on any atom is 0.0939 e. The number of rotatable bonds is 1. The first-order chi connectivity index (χ1) is 8.27. The van der Waals surface area contributed by atoms with Gasteiger partial charge in [0.2, 0.25) is 0 Å². The summed E-state index contributed by atoms with van der Waals surface area (Å²) in [6.45, 7) is 1.89. The van der Waals surface area contributed by atoms with Gasteiger partial charge in [0.25, 0.3) is 0 Å². The molecule has 0 unspecified atom stereocenters. The van der Waals surface area contributed by atoms with E-state index in [0.29, 0.717) is 5.02 Å². The number of fused-ring (bicyclic) bond motifs is 1. The molecule has 0 N–H and O–H groups in total. The summed E-state index contributed by atoms with van der Waals surface area (Å²) in [7, 11) is 0. The molecule has 0 saturated heterocycles. The molecule has 3 nitrogen and oxygen atoms in total. The molecule has 0 aliphatic heterocycles. The minimum Gasteiger partial charge on any atom is -0.258 e. The van der Waals surface area contributed by atoms with Crippen LogP contribution in [0.2, 0.25) is 5.02 Å². The zero-order valence-corrected chi connectivity index (χ0v) is 10.0. The topological polar surface area (TPSA) is 30.7 Å². The highest BCUT2D eigenvalue weighted by molar-refractivity contribution is 6.35. The van der Waals surface area contributed by atoms with Gasteiger partial charge in [-0.2, -0.15) is 5.10 Å². The summed E-state index contributed by atoms with van der Waals surface area (Å²) in [4.78, 5) is 4.27. The van der Waals surface area contributed by atoms with Crippen molar-refractivity contribution < 1.29 is 0 Å². The third kappa shape index (κ3) is 1.59. The molecular formula is C13H10ClN3. The lowest BCUT2D eigenvalue weighted by Crippen LogP contribution is -1.95. The molecule has 0 aliphatic rings. The zero-order valence-electron chi connectivity index (χ0n) is 9.26. The number of hydrogen-bond acceptors (Lipinski definition) is 2. The van der Waals surface area contributed by atoms with Crippen molar-refractivity contribution in [3.8, 4) is 5.69 Å². The molecule has 1 aromatic carbocycles. The van der Waals surface area contributed by atoms with Crippen molar-refractivity contribution >= 4 is 22.5 Å². The molecule has 84 valence electrons. The fraction of sp³-hybridized carbons (Fsp3) is 0.0769. The third-order valence-electron chi connectivity index (χ3n) is 2.74. The highest BCUT2D eigenvalue weighted by atomic mass is 35.5. The Kier molecular flexibility index (Phi) is 2.34. The summed E-state index contributed by atoms with van der Waals surface area (Å²) < 4.78 is 1.84. The standard InChI is InChI=1S/C13H10ClN3/c1-9-13(14)11-7-16-17(12(11)8-15-9)10-5-3-2-4-6-10/h2-8H,1H3. The fourth-order valence-electron chi connectivity index (χ4n) is 1.84. The van der Waals surface area contributed by atoms with Crippen LogP contribution in [-0.4, -0.2) is 14.8 Å². The van der Waals surface area contributed by atoms with E-state index in [0.717, 1.165) is 22.3 Å². The third-order valence-corrected chi connectivity index (χ3v) is 3.22. The van der Waals surface area contributed by atoms with Crippen molar-refractivity contribution in [1.29, 1.82) is 0 Å². The highest BCUT2D eigenvalue weighted by Crippen LogP contribution is 2.26. The van der Waals surface area contributed by atoms with E-state index in [2.05, 4.69) is 10.1 Å². The zero-order chi connectivity index (χ0) is 11.8. The van der Waals surface area contributed by atoms with Crippen molar-refractivity contribution in [3.63, 3.8) is 0 Å². The minimum atomic E-state index is 0.671. The first-order valence-corrected chi connectivity index (χ1v) is 5.69. The maximum atomic E-state index is 6.21. The SMILES string of the molecule is Cc1ncc2c(cnn2-c2ccccc2)c1Cl. The Morgan fingerprint density at radius 2 is 1.88 bits per heavy atom. The average Bonchev–Trinajstić information content (AvgIpc) is 2.79. The van der Waals surface area contributed by atoms with Crippen LogP contribution in [0.1, 0.15) is 5.69 Å². The van der Waals surface area contributed by atoms with Gasteiger partial charge >= 0.3 is 0 Å². The van der Waals surface area contributed by atoms with E-state index in [1.807, 2.05) is 41.9 Å². The second-order valence-electron chi connectivity index (χ2n) is 3.85. The summed E-state index contributed by atoms with van der Waals surface area (Å²) in [6, 6.07) is 9.93. The number of aromatic nitrogens is 3. The molecule has 2 heterocycles. The lowest BCUT2D eigenvalue weighted by atomic mass is 10.2. The van der Waals surface area contributed by atoms with Gasteiger partial charge in [-0.05, 0) is 19.1 Å².